The van der Waals surface area contributed by atoms with Gasteiger partial charge in [-0.1, -0.05) is 29.8 Å². The van der Waals surface area contributed by atoms with E-state index >= 15 is 0 Å². The second-order valence-corrected chi connectivity index (χ2v) is 4.93. The molecular formula is C15H13ClFNO. The Balaban J connectivity index is 1.72. The molecule has 0 saturated carbocycles. The molecule has 19 heavy (non-hydrogen) atoms. The molecule has 1 atom stereocenters. The third-order valence-corrected chi connectivity index (χ3v) is 3.62. The summed E-state index contributed by atoms with van der Waals surface area (Å²) in [7, 11) is 0. The molecule has 0 spiro atoms. The highest BCUT2D eigenvalue weighted by atomic mass is 35.5. The van der Waals surface area contributed by atoms with Crippen molar-refractivity contribution in [3.63, 3.8) is 0 Å². The van der Waals surface area contributed by atoms with E-state index in [1.807, 2.05) is 24.3 Å². The maximum Gasteiger partial charge on any atom is 0.124 e. The maximum atomic E-state index is 13.2. The predicted molar refractivity (Wildman–Crippen MR) is 72.9 cm³/mol. The zero-order chi connectivity index (χ0) is 13.2. The number of rotatable bonds is 3. The SMILES string of the molecule is Fc1ccc(Cl)c(CNC2COc3ccccc32)c1. The first kappa shape index (κ1) is 12.5. The van der Waals surface area contributed by atoms with Gasteiger partial charge in [-0.2, -0.15) is 0 Å². The molecule has 0 amide bonds. The second kappa shape index (κ2) is 5.19. The fourth-order valence-electron chi connectivity index (χ4n) is 2.24. The highest BCUT2D eigenvalue weighted by molar-refractivity contribution is 6.31. The fraction of sp³-hybridized carbons (Fsp3) is 0.200. The van der Waals surface area contributed by atoms with Gasteiger partial charge < -0.3 is 10.1 Å². The average Bonchev–Trinajstić information content (AvgIpc) is 2.83. The van der Waals surface area contributed by atoms with Crippen molar-refractivity contribution in [1.29, 1.82) is 0 Å². The Labute approximate surface area is 116 Å². The van der Waals surface area contributed by atoms with Crippen molar-refractivity contribution < 1.29 is 9.13 Å². The summed E-state index contributed by atoms with van der Waals surface area (Å²) < 4.78 is 18.8. The molecule has 3 rings (SSSR count). The van der Waals surface area contributed by atoms with Crippen molar-refractivity contribution >= 4 is 11.6 Å². The summed E-state index contributed by atoms with van der Waals surface area (Å²) in [5.74, 6) is 0.634. The first-order chi connectivity index (χ1) is 9.24. The summed E-state index contributed by atoms with van der Waals surface area (Å²) >= 11 is 6.04. The largest absolute Gasteiger partial charge is 0.491 e. The van der Waals surface area contributed by atoms with Gasteiger partial charge in [0.25, 0.3) is 0 Å². The predicted octanol–water partition coefficient (Wildman–Crippen LogP) is 3.70. The van der Waals surface area contributed by atoms with E-state index in [1.54, 1.807) is 6.07 Å². The number of hydrogen-bond acceptors (Lipinski definition) is 2. The number of fused-ring (bicyclic) bond motifs is 1. The van der Waals surface area contributed by atoms with Crippen LogP contribution in [0.15, 0.2) is 42.5 Å². The number of halogens is 2. The lowest BCUT2D eigenvalue weighted by Gasteiger charge is -2.12. The Bertz CT molecular complexity index is 602. The highest BCUT2D eigenvalue weighted by Gasteiger charge is 2.22. The second-order valence-electron chi connectivity index (χ2n) is 4.52. The summed E-state index contributed by atoms with van der Waals surface area (Å²) in [6.07, 6.45) is 0. The molecule has 0 aliphatic carbocycles. The summed E-state index contributed by atoms with van der Waals surface area (Å²) in [6.45, 7) is 1.10. The molecule has 1 heterocycles. The Morgan fingerprint density at radius 2 is 2.11 bits per heavy atom. The first-order valence-electron chi connectivity index (χ1n) is 6.13. The minimum absolute atomic E-state index is 0.121. The molecule has 0 aromatic heterocycles. The van der Waals surface area contributed by atoms with Gasteiger partial charge in [-0.25, -0.2) is 4.39 Å². The molecule has 1 unspecified atom stereocenters. The van der Waals surface area contributed by atoms with Gasteiger partial charge >= 0.3 is 0 Å². The Kier molecular flexibility index (Phi) is 3.40. The van der Waals surface area contributed by atoms with E-state index in [0.717, 1.165) is 16.9 Å². The van der Waals surface area contributed by atoms with Crippen LogP contribution in [0, 0.1) is 5.82 Å². The quantitative estimate of drug-likeness (QED) is 0.924. The van der Waals surface area contributed by atoms with Crippen molar-refractivity contribution in [2.24, 2.45) is 0 Å². The maximum absolute atomic E-state index is 13.2. The van der Waals surface area contributed by atoms with Gasteiger partial charge in [-0.3, -0.25) is 0 Å². The Morgan fingerprint density at radius 1 is 1.26 bits per heavy atom. The van der Waals surface area contributed by atoms with Crippen LogP contribution in [0.25, 0.3) is 0 Å². The summed E-state index contributed by atoms with van der Waals surface area (Å²) in [6, 6.07) is 12.4. The molecule has 0 saturated heterocycles. The number of hydrogen-bond donors (Lipinski definition) is 1. The van der Waals surface area contributed by atoms with Crippen LogP contribution < -0.4 is 10.1 Å². The fourth-order valence-corrected chi connectivity index (χ4v) is 2.43. The van der Waals surface area contributed by atoms with Crippen molar-refractivity contribution in [1.82, 2.24) is 5.32 Å². The minimum Gasteiger partial charge on any atom is -0.491 e. The molecule has 4 heteroatoms. The van der Waals surface area contributed by atoms with Crippen molar-refractivity contribution in [3.8, 4) is 5.75 Å². The van der Waals surface area contributed by atoms with Crippen LogP contribution in [0.1, 0.15) is 17.2 Å². The third-order valence-electron chi connectivity index (χ3n) is 3.25. The lowest BCUT2D eigenvalue weighted by Crippen LogP contribution is -2.22. The standard InChI is InChI=1S/C15H13ClFNO/c16-13-6-5-11(17)7-10(13)8-18-14-9-19-15-4-2-1-3-12(14)15/h1-7,14,18H,8-9H2. The third kappa shape index (κ3) is 2.57. The molecule has 2 aromatic rings. The molecule has 0 fully saturated rings. The van der Waals surface area contributed by atoms with E-state index in [-0.39, 0.29) is 11.9 Å². The molecule has 1 aliphatic rings. The van der Waals surface area contributed by atoms with E-state index in [4.69, 9.17) is 16.3 Å². The van der Waals surface area contributed by atoms with Crippen LogP contribution in [-0.2, 0) is 6.54 Å². The van der Waals surface area contributed by atoms with Gasteiger partial charge in [-0.15, -0.1) is 0 Å². The Hall–Kier alpha value is -1.58. The minimum atomic E-state index is -0.274. The smallest absolute Gasteiger partial charge is 0.124 e. The van der Waals surface area contributed by atoms with E-state index in [0.29, 0.717) is 18.2 Å². The van der Waals surface area contributed by atoms with Gasteiger partial charge in [0.05, 0.1) is 6.04 Å². The lowest BCUT2D eigenvalue weighted by molar-refractivity contribution is 0.310. The zero-order valence-corrected chi connectivity index (χ0v) is 11.0. The highest BCUT2D eigenvalue weighted by Crippen LogP contribution is 2.32. The summed E-state index contributed by atoms with van der Waals surface area (Å²) in [5, 5.41) is 3.92. The van der Waals surface area contributed by atoms with E-state index in [9.17, 15) is 4.39 Å². The molecule has 0 radical (unpaired) electrons. The van der Waals surface area contributed by atoms with Crippen LogP contribution in [0.2, 0.25) is 5.02 Å². The molecule has 1 N–H and O–H groups in total. The first-order valence-corrected chi connectivity index (χ1v) is 6.51. The molecule has 0 bridgehead atoms. The number of nitrogens with one attached hydrogen (secondary N) is 1. The van der Waals surface area contributed by atoms with Crippen LogP contribution in [-0.4, -0.2) is 6.61 Å². The van der Waals surface area contributed by atoms with Crippen molar-refractivity contribution in [3.05, 3.63) is 64.4 Å². The lowest BCUT2D eigenvalue weighted by atomic mass is 10.1. The molecular weight excluding hydrogens is 265 g/mol. The van der Waals surface area contributed by atoms with Crippen LogP contribution in [0.3, 0.4) is 0 Å². The number of ether oxygens (including phenoxy) is 1. The van der Waals surface area contributed by atoms with Crippen LogP contribution in [0.5, 0.6) is 5.75 Å². The average molecular weight is 278 g/mol. The topological polar surface area (TPSA) is 21.3 Å². The van der Waals surface area contributed by atoms with E-state index in [1.165, 1.54) is 12.1 Å². The van der Waals surface area contributed by atoms with Gasteiger partial charge in [0.2, 0.25) is 0 Å². The zero-order valence-electron chi connectivity index (χ0n) is 10.2. The molecule has 2 nitrogen and oxygen atoms in total. The molecule has 1 aliphatic heterocycles. The van der Waals surface area contributed by atoms with Crippen LogP contribution >= 0.6 is 11.6 Å². The van der Waals surface area contributed by atoms with Crippen LogP contribution in [0.4, 0.5) is 4.39 Å². The monoisotopic (exact) mass is 277 g/mol. The van der Waals surface area contributed by atoms with E-state index in [2.05, 4.69) is 5.32 Å². The van der Waals surface area contributed by atoms with Gasteiger partial charge in [0, 0.05) is 17.1 Å². The van der Waals surface area contributed by atoms with E-state index < -0.39 is 0 Å². The summed E-state index contributed by atoms with van der Waals surface area (Å²) in [4.78, 5) is 0. The van der Waals surface area contributed by atoms with Crippen molar-refractivity contribution in [2.75, 3.05) is 6.61 Å². The van der Waals surface area contributed by atoms with Gasteiger partial charge in [0.1, 0.15) is 18.2 Å². The molecule has 98 valence electrons. The normalized spacial score (nSPS) is 17.1. The Morgan fingerprint density at radius 3 is 3.00 bits per heavy atom. The number of para-hydroxylation sites is 1. The van der Waals surface area contributed by atoms with Gasteiger partial charge in [-0.05, 0) is 29.8 Å². The molecule has 2 aromatic carbocycles. The number of benzene rings is 2. The van der Waals surface area contributed by atoms with Gasteiger partial charge in [0.15, 0.2) is 0 Å². The summed E-state index contributed by atoms with van der Waals surface area (Å²) in [5.41, 5.74) is 1.89. The van der Waals surface area contributed by atoms with Crippen molar-refractivity contribution in [2.45, 2.75) is 12.6 Å².